The van der Waals surface area contributed by atoms with Crippen LogP contribution in [0.3, 0.4) is 0 Å². The number of azo groups is 1. The molecule has 9 heteroatoms. The van der Waals surface area contributed by atoms with Gasteiger partial charge in [0.1, 0.15) is 5.69 Å². The van der Waals surface area contributed by atoms with Gasteiger partial charge < -0.3 is 0 Å². The van der Waals surface area contributed by atoms with Gasteiger partial charge in [-0.05, 0) is 48.5 Å². The molecule has 0 saturated heterocycles. The molecule has 0 radical (unpaired) electrons. The zero-order valence-corrected chi connectivity index (χ0v) is 14.9. The number of hydrogen-bond donors (Lipinski definition) is 2. The Bertz CT molecular complexity index is 1050. The van der Waals surface area contributed by atoms with E-state index in [1.165, 1.54) is 24.3 Å². The van der Waals surface area contributed by atoms with E-state index in [1.807, 2.05) is 36.4 Å². The van der Waals surface area contributed by atoms with Crippen molar-refractivity contribution in [2.45, 2.75) is 4.90 Å². The SMILES string of the molecule is NS(=O)(=O)c1ccc(N=NC(=NNc2ccccc2)c2ccccn2)cc1. The average Bonchev–Trinajstić information content (AvgIpc) is 2.69. The summed E-state index contributed by atoms with van der Waals surface area (Å²) in [6.45, 7) is 0. The van der Waals surface area contributed by atoms with Crippen molar-refractivity contribution in [2.24, 2.45) is 20.5 Å². The third-order valence-electron chi connectivity index (χ3n) is 3.38. The summed E-state index contributed by atoms with van der Waals surface area (Å²) < 4.78 is 22.6. The molecule has 0 aliphatic heterocycles. The van der Waals surface area contributed by atoms with Crippen molar-refractivity contribution >= 4 is 27.2 Å². The molecule has 1 aromatic heterocycles. The van der Waals surface area contributed by atoms with Crippen molar-refractivity contribution in [1.82, 2.24) is 4.98 Å². The summed E-state index contributed by atoms with van der Waals surface area (Å²) in [6.07, 6.45) is 1.63. The normalized spacial score (nSPS) is 12.3. The van der Waals surface area contributed by atoms with Crippen molar-refractivity contribution in [3.8, 4) is 0 Å². The van der Waals surface area contributed by atoms with Crippen molar-refractivity contribution in [2.75, 3.05) is 5.43 Å². The Kier molecular flexibility index (Phi) is 5.64. The fourth-order valence-electron chi connectivity index (χ4n) is 2.06. The summed E-state index contributed by atoms with van der Waals surface area (Å²) in [6, 6.07) is 20.5. The molecule has 0 fully saturated rings. The minimum absolute atomic E-state index is 0.00538. The van der Waals surface area contributed by atoms with Gasteiger partial charge in [0.25, 0.3) is 0 Å². The lowest BCUT2D eigenvalue weighted by atomic mass is 10.3. The van der Waals surface area contributed by atoms with Gasteiger partial charge in [-0.1, -0.05) is 24.3 Å². The van der Waals surface area contributed by atoms with Crippen molar-refractivity contribution in [3.05, 3.63) is 84.7 Å². The number of aromatic nitrogens is 1. The molecule has 136 valence electrons. The Morgan fingerprint density at radius 1 is 0.926 bits per heavy atom. The highest BCUT2D eigenvalue weighted by Crippen LogP contribution is 2.16. The second-order valence-electron chi connectivity index (χ2n) is 5.37. The van der Waals surface area contributed by atoms with Crippen LogP contribution in [-0.4, -0.2) is 19.2 Å². The van der Waals surface area contributed by atoms with E-state index in [9.17, 15) is 8.42 Å². The highest BCUT2D eigenvalue weighted by molar-refractivity contribution is 7.89. The number of hydrogen-bond acceptors (Lipinski definition) is 6. The zero-order valence-electron chi connectivity index (χ0n) is 14.1. The number of hydrazone groups is 1. The van der Waals surface area contributed by atoms with Crippen LogP contribution in [0.5, 0.6) is 0 Å². The Morgan fingerprint density at radius 3 is 2.26 bits per heavy atom. The van der Waals surface area contributed by atoms with Crippen LogP contribution < -0.4 is 10.6 Å². The number of para-hydroxylation sites is 1. The first kappa shape index (κ1) is 18.4. The molecular weight excluding hydrogens is 364 g/mol. The number of amidine groups is 1. The first-order chi connectivity index (χ1) is 13.0. The lowest BCUT2D eigenvalue weighted by Gasteiger charge is -2.02. The number of sulfonamides is 1. The second kappa shape index (κ2) is 8.30. The van der Waals surface area contributed by atoms with Crippen LogP contribution >= 0.6 is 0 Å². The van der Waals surface area contributed by atoms with Gasteiger partial charge in [-0.15, -0.1) is 10.2 Å². The number of nitrogens with one attached hydrogen (secondary N) is 1. The monoisotopic (exact) mass is 380 g/mol. The van der Waals surface area contributed by atoms with E-state index >= 15 is 0 Å². The molecule has 2 aromatic carbocycles. The number of benzene rings is 2. The molecule has 3 aromatic rings. The van der Waals surface area contributed by atoms with E-state index in [0.29, 0.717) is 11.4 Å². The fourth-order valence-corrected chi connectivity index (χ4v) is 2.58. The third-order valence-corrected chi connectivity index (χ3v) is 4.31. The van der Waals surface area contributed by atoms with Gasteiger partial charge in [0, 0.05) is 6.20 Å². The fraction of sp³-hybridized carbons (Fsp3) is 0. The van der Waals surface area contributed by atoms with E-state index < -0.39 is 10.0 Å². The summed E-state index contributed by atoms with van der Waals surface area (Å²) in [5.74, 6) is 0.273. The van der Waals surface area contributed by atoms with Crippen LogP contribution in [0.4, 0.5) is 11.4 Å². The number of rotatable bonds is 5. The van der Waals surface area contributed by atoms with Crippen LogP contribution in [0.15, 0.2) is 99.2 Å². The van der Waals surface area contributed by atoms with E-state index in [0.717, 1.165) is 5.69 Å². The summed E-state index contributed by atoms with van der Waals surface area (Å²) in [7, 11) is -3.75. The lowest BCUT2D eigenvalue weighted by Crippen LogP contribution is -2.11. The quantitative estimate of drug-likeness (QED) is 0.305. The molecule has 0 spiro atoms. The van der Waals surface area contributed by atoms with Crippen LogP contribution in [0.25, 0.3) is 0 Å². The molecular formula is C18H16N6O2S. The Labute approximate surface area is 156 Å². The summed E-state index contributed by atoms with van der Waals surface area (Å²) >= 11 is 0. The molecule has 3 N–H and O–H groups in total. The van der Waals surface area contributed by atoms with Gasteiger partial charge in [-0.25, -0.2) is 13.6 Å². The van der Waals surface area contributed by atoms with Crippen molar-refractivity contribution in [3.63, 3.8) is 0 Å². The zero-order chi connectivity index (χ0) is 19.1. The third kappa shape index (κ3) is 5.27. The molecule has 3 rings (SSSR count). The number of anilines is 1. The molecule has 1 heterocycles. The highest BCUT2D eigenvalue weighted by Gasteiger charge is 2.07. The average molecular weight is 380 g/mol. The summed E-state index contributed by atoms with van der Waals surface area (Å²) in [4.78, 5) is 4.24. The summed E-state index contributed by atoms with van der Waals surface area (Å²) in [5, 5.41) is 17.6. The molecule has 0 unspecified atom stereocenters. The predicted molar refractivity (Wildman–Crippen MR) is 103 cm³/mol. The van der Waals surface area contributed by atoms with Crippen molar-refractivity contribution < 1.29 is 8.42 Å². The molecule has 0 amide bonds. The van der Waals surface area contributed by atoms with Gasteiger partial charge in [0.15, 0.2) is 0 Å². The number of pyridine rings is 1. The molecule has 0 saturated carbocycles. The topological polar surface area (TPSA) is 122 Å². The predicted octanol–water partition coefficient (Wildman–Crippen LogP) is 3.29. The van der Waals surface area contributed by atoms with Crippen LogP contribution in [0.2, 0.25) is 0 Å². The number of primary sulfonamides is 1. The molecule has 27 heavy (non-hydrogen) atoms. The van der Waals surface area contributed by atoms with Gasteiger partial charge >= 0.3 is 0 Å². The van der Waals surface area contributed by atoms with E-state index in [2.05, 4.69) is 25.7 Å². The lowest BCUT2D eigenvalue weighted by molar-refractivity contribution is 0.598. The molecule has 0 aliphatic rings. The minimum Gasteiger partial charge on any atom is -0.276 e. The standard InChI is InChI=1S/C18H16N6O2S/c19-27(25,26)16-11-9-15(10-12-16)22-24-18(17-8-4-5-13-20-17)23-21-14-6-2-1-3-7-14/h1-13,21H,(H2,19,25,26). The van der Waals surface area contributed by atoms with E-state index in [-0.39, 0.29) is 10.7 Å². The Morgan fingerprint density at radius 2 is 1.63 bits per heavy atom. The smallest absolute Gasteiger partial charge is 0.238 e. The van der Waals surface area contributed by atoms with E-state index in [1.54, 1.807) is 18.3 Å². The minimum atomic E-state index is -3.75. The number of nitrogens with two attached hydrogens (primary N) is 1. The maximum atomic E-state index is 11.3. The Balaban J connectivity index is 1.86. The maximum absolute atomic E-state index is 11.3. The van der Waals surface area contributed by atoms with Gasteiger partial charge in [0.05, 0.1) is 16.3 Å². The van der Waals surface area contributed by atoms with Gasteiger partial charge in [-0.2, -0.15) is 5.10 Å². The molecule has 0 atom stereocenters. The number of nitrogens with zero attached hydrogens (tertiary/aromatic N) is 4. The molecule has 8 nitrogen and oxygen atoms in total. The Hall–Kier alpha value is -3.43. The van der Waals surface area contributed by atoms with Crippen molar-refractivity contribution in [1.29, 1.82) is 0 Å². The molecule has 0 bridgehead atoms. The van der Waals surface area contributed by atoms with Crippen LogP contribution in [0, 0.1) is 0 Å². The van der Waals surface area contributed by atoms with Crippen LogP contribution in [-0.2, 0) is 10.0 Å². The second-order valence-corrected chi connectivity index (χ2v) is 6.93. The summed E-state index contributed by atoms with van der Waals surface area (Å²) in [5.41, 5.74) is 4.68. The largest absolute Gasteiger partial charge is 0.276 e. The highest BCUT2D eigenvalue weighted by atomic mass is 32.2. The van der Waals surface area contributed by atoms with E-state index in [4.69, 9.17) is 5.14 Å². The maximum Gasteiger partial charge on any atom is 0.238 e. The van der Waals surface area contributed by atoms with Gasteiger partial charge in [0.2, 0.25) is 15.9 Å². The first-order valence-corrected chi connectivity index (χ1v) is 9.42. The van der Waals surface area contributed by atoms with Crippen LogP contribution in [0.1, 0.15) is 5.69 Å². The van der Waals surface area contributed by atoms with Gasteiger partial charge in [-0.3, -0.25) is 10.4 Å². The molecule has 0 aliphatic carbocycles. The first-order valence-electron chi connectivity index (χ1n) is 7.87.